The second kappa shape index (κ2) is 8.85. The van der Waals surface area contributed by atoms with Crippen LogP contribution in [-0.2, 0) is 24.2 Å². The highest BCUT2D eigenvalue weighted by Crippen LogP contribution is 2.26. The summed E-state index contributed by atoms with van der Waals surface area (Å²) in [6.45, 7) is 4.22. The van der Waals surface area contributed by atoms with Gasteiger partial charge in [-0.15, -0.1) is 0 Å². The molecule has 0 bridgehead atoms. The molecular weight excluding hydrogens is 387 g/mol. The molecule has 1 amide bonds. The van der Waals surface area contributed by atoms with Crippen molar-refractivity contribution < 1.29 is 9.18 Å². The lowest BCUT2D eigenvalue weighted by Gasteiger charge is -2.32. The maximum absolute atomic E-state index is 14.0. The topological polar surface area (TPSA) is 32.3 Å². The zero-order valence-electron chi connectivity index (χ0n) is 16.9. The number of fused-ring (bicyclic) bond motifs is 1. The smallest absolute Gasteiger partial charge is 0.223 e. The van der Waals surface area contributed by atoms with Crippen molar-refractivity contribution in [2.45, 2.75) is 51.6 Å². The van der Waals surface area contributed by atoms with Gasteiger partial charge in [0.2, 0.25) is 5.91 Å². The number of carbonyl (C=O) groups is 1. The number of hydrogen-bond donors (Lipinski definition) is 1. The molecule has 0 saturated carbocycles. The van der Waals surface area contributed by atoms with Crippen LogP contribution in [0.15, 0.2) is 36.4 Å². The molecule has 1 fully saturated rings. The Morgan fingerprint density at radius 3 is 2.69 bits per heavy atom. The molecule has 1 saturated heterocycles. The Kier molecular flexibility index (Phi) is 6.21. The number of halogens is 2. The third kappa shape index (κ3) is 4.81. The molecule has 154 valence electrons. The highest BCUT2D eigenvalue weighted by atomic mass is 35.5. The Morgan fingerprint density at radius 1 is 1.17 bits per heavy atom. The number of amides is 1. The van der Waals surface area contributed by atoms with Crippen LogP contribution < -0.4 is 5.32 Å². The van der Waals surface area contributed by atoms with Crippen LogP contribution in [0.2, 0.25) is 5.02 Å². The van der Waals surface area contributed by atoms with Crippen LogP contribution in [0.25, 0.3) is 0 Å². The molecule has 3 nitrogen and oxygen atoms in total. The summed E-state index contributed by atoms with van der Waals surface area (Å²) in [6, 6.07) is 11.5. The Labute approximate surface area is 177 Å². The molecule has 1 aliphatic carbocycles. The summed E-state index contributed by atoms with van der Waals surface area (Å²) in [5.74, 6) is -0.103. The molecule has 29 heavy (non-hydrogen) atoms. The van der Waals surface area contributed by atoms with Gasteiger partial charge in [-0.2, -0.15) is 0 Å². The van der Waals surface area contributed by atoms with Crippen molar-refractivity contribution in [2.75, 3.05) is 13.1 Å². The average molecular weight is 415 g/mol. The van der Waals surface area contributed by atoms with Crippen molar-refractivity contribution in [1.29, 1.82) is 0 Å². The number of hydrogen-bond acceptors (Lipinski definition) is 2. The van der Waals surface area contributed by atoms with E-state index in [0.29, 0.717) is 17.1 Å². The summed E-state index contributed by atoms with van der Waals surface area (Å²) in [5.41, 5.74) is 4.74. The van der Waals surface area contributed by atoms with E-state index in [1.54, 1.807) is 12.1 Å². The number of likely N-dealkylation sites (tertiary alicyclic amines) is 1. The molecule has 0 spiro atoms. The van der Waals surface area contributed by atoms with Crippen LogP contribution >= 0.6 is 11.6 Å². The lowest BCUT2D eigenvalue weighted by molar-refractivity contribution is -0.127. The number of aryl methyl sites for hydroxylation is 2. The number of nitrogens with zero attached hydrogens (tertiary/aromatic N) is 1. The first-order valence-corrected chi connectivity index (χ1v) is 11.0. The Bertz CT molecular complexity index is 892. The third-order valence-corrected chi connectivity index (χ3v) is 6.58. The number of piperidine rings is 1. The molecule has 0 aromatic heterocycles. The maximum Gasteiger partial charge on any atom is 0.223 e. The quantitative estimate of drug-likeness (QED) is 0.741. The Balaban J connectivity index is 1.28. The summed E-state index contributed by atoms with van der Waals surface area (Å²) in [7, 11) is 0. The summed E-state index contributed by atoms with van der Waals surface area (Å²) in [4.78, 5) is 15.0. The molecule has 0 radical (unpaired) electrons. The highest BCUT2D eigenvalue weighted by molar-refractivity contribution is 6.30. The fourth-order valence-electron chi connectivity index (χ4n) is 4.52. The normalized spacial score (nSPS) is 18.4. The molecule has 2 aromatic carbocycles. The first-order chi connectivity index (χ1) is 14.0. The predicted octanol–water partition coefficient (Wildman–Crippen LogP) is 5.06. The minimum atomic E-state index is -0.263. The first kappa shape index (κ1) is 20.4. The van der Waals surface area contributed by atoms with E-state index >= 15 is 0 Å². The number of carbonyl (C=O) groups excluding carboxylic acids is 1. The van der Waals surface area contributed by atoms with Gasteiger partial charge in [0.25, 0.3) is 0 Å². The summed E-state index contributed by atoms with van der Waals surface area (Å²) in [5, 5.41) is 3.62. The summed E-state index contributed by atoms with van der Waals surface area (Å²) >= 11 is 5.83. The van der Waals surface area contributed by atoms with E-state index < -0.39 is 0 Å². The van der Waals surface area contributed by atoms with Crippen molar-refractivity contribution >= 4 is 17.5 Å². The van der Waals surface area contributed by atoms with Crippen molar-refractivity contribution in [3.05, 3.63) is 69.5 Å². The molecule has 1 unspecified atom stereocenters. The Morgan fingerprint density at radius 2 is 1.93 bits per heavy atom. The van der Waals surface area contributed by atoms with E-state index in [1.807, 2.05) is 0 Å². The lowest BCUT2D eigenvalue weighted by atomic mass is 9.94. The minimum Gasteiger partial charge on any atom is -0.349 e. The number of benzene rings is 2. The molecule has 5 heteroatoms. The van der Waals surface area contributed by atoms with Crippen LogP contribution in [0.3, 0.4) is 0 Å². The van der Waals surface area contributed by atoms with Gasteiger partial charge in [-0.05, 0) is 80.9 Å². The van der Waals surface area contributed by atoms with Crippen LogP contribution in [-0.4, -0.2) is 23.9 Å². The largest absolute Gasteiger partial charge is 0.349 e. The van der Waals surface area contributed by atoms with Gasteiger partial charge in [0, 0.05) is 23.0 Å². The van der Waals surface area contributed by atoms with Crippen LogP contribution in [0.5, 0.6) is 0 Å². The molecule has 2 aromatic rings. The lowest BCUT2D eigenvalue weighted by Crippen LogP contribution is -2.41. The van der Waals surface area contributed by atoms with E-state index in [-0.39, 0.29) is 23.7 Å². The Hall–Kier alpha value is -1.91. The van der Waals surface area contributed by atoms with Crippen molar-refractivity contribution in [1.82, 2.24) is 10.2 Å². The van der Waals surface area contributed by atoms with Crippen LogP contribution in [0.4, 0.5) is 4.39 Å². The predicted molar refractivity (Wildman–Crippen MR) is 114 cm³/mol. The minimum absolute atomic E-state index is 0.0228. The van der Waals surface area contributed by atoms with Gasteiger partial charge in [0.05, 0.1) is 6.04 Å². The molecule has 4 rings (SSSR count). The van der Waals surface area contributed by atoms with E-state index in [2.05, 4.69) is 35.3 Å². The van der Waals surface area contributed by atoms with Gasteiger partial charge in [0.1, 0.15) is 5.82 Å². The average Bonchev–Trinajstić information content (AvgIpc) is 3.18. The van der Waals surface area contributed by atoms with Gasteiger partial charge in [-0.25, -0.2) is 4.39 Å². The fourth-order valence-corrected chi connectivity index (χ4v) is 4.68. The van der Waals surface area contributed by atoms with Gasteiger partial charge >= 0.3 is 0 Å². The van der Waals surface area contributed by atoms with Gasteiger partial charge < -0.3 is 5.32 Å². The summed E-state index contributed by atoms with van der Waals surface area (Å²) < 4.78 is 14.0. The van der Waals surface area contributed by atoms with E-state index in [9.17, 15) is 9.18 Å². The molecule has 1 N–H and O–H groups in total. The molecule has 1 atom stereocenters. The maximum atomic E-state index is 14.0. The first-order valence-electron chi connectivity index (χ1n) is 10.6. The monoisotopic (exact) mass is 414 g/mol. The molecule has 2 aliphatic rings. The standard InChI is InChI=1S/C24H28ClFN2O/c1-16(19-6-5-17-3-2-4-20(17)13-19)27-24(29)18-9-11-28(12-10-18)15-21-7-8-22(25)14-23(21)26/h5-8,13-14,16,18H,2-4,9-12,15H2,1H3,(H,27,29). The van der Waals surface area contributed by atoms with Crippen molar-refractivity contribution in [2.24, 2.45) is 5.92 Å². The van der Waals surface area contributed by atoms with Crippen LogP contribution in [0.1, 0.15) is 54.5 Å². The number of rotatable bonds is 5. The van der Waals surface area contributed by atoms with Gasteiger partial charge in [-0.1, -0.05) is 35.9 Å². The van der Waals surface area contributed by atoms with Crippen molar-refractivity contribution in [3.63, 3.8) is 0 Å². The molecule has 1 heterocycles. The second-order valence-corrected chi connectivity index (χ2v) is 8.83. The fraction of sp³-hybridized carbons (Fsp3) is 0.458. The third-order valence-electron chi connectivity index (χ3n) is 6.35. The number of nitrogens with one attached hydrogen (secondary N) is 1. The summed E-state index contributed by atoms with van der Waals surface area (Å²) in [6.07, 6.45) is 5.17. The van der Waals surface area contributed by atoms with Gasteiger partial charge in [-0.3, -0.25) is 9.69 Å². The van der Waals surface area contributed by atoms with E-state index in [1.165, 1.54) is 35.6 Å². The van der Waals surface area contributed by atoms with Gasteiger partial charge in [0.15, 0.2) is 0 Å². The highest BCUT2D eigenvalue weighted by Gasteiger charge is 2.26. The SMILES string of the molecule is CC(NC(=O)C1CCN(Cc2ccc(Cl)cc2F)CC1)c1ccc2c(c1)CCC2. The zero-order valence-corrected chi connectivity index (χ0v) is 17.6. The van der Waals surface area contributed by atoms with E-state index in [4.69, 9.17) is 11.6 Å². The zero-order chi connectivity index (χ0) is 20.4. The molecular formula is C24H28ClFN2O. The molecule has 1 aliphatic heterocycles. The second-order valence-electron chi connectivity index (χ2n) is 8.40. The van der Waals surface area contributed by atoms with E-state index in [0.717, 1.165) is 32.4 Å². The van der Waals surface area contributed by atoms with Crippen molar-refractivity contribution in [3.8, 4) is 0 Å². The van der Waals surface area contributed by atoms with Crippen LogP contribution in [0, 0.1) is 11.7 Å².